The van der Waals surface area contributed by atoms with E-state index in [1.807, 2.05) is 0 Å². The SMILES string of the molecule is CC1(C)CC(O)CC(C)(C)N1CC(O)CN1C(C)(C)CC(O)CC1(C)C. The van der Waals surface area contributed by atoms with Crippen LogP contribution in [0.5, 0.6) is 0 Å². The van der Waals surface area contributed by atoms with Crippen LogP contribution in [0.15, 0.2) is 0 Å². The molecule has 0 aromatic heterocycles. The molecule has 0 unspecified atom stereocenters. The molecule has 5 heteroatoms. The molecule has 0 spiro atoms. The second kappa shape index (κ2) is 7.00. The number of piperidine rings is 2. The van der Waals surface area contributed by atoms with Crippen LogP contribution in [-0.4, -0.2) is 78.7 Å². The Hall–Kier alpha value is -0.200. The second-order valence-electron chi connectivity index (χ2n) is 11.2. The van der Waals surface area contributed by atoms with Crippen LogP contribution >= 0.6 is 0 Å². The normalized spacial score (nSPS) is 30.0. The minimum absolute atomic E-state index is 0.148. The fourth-order valence-corrected chi connectivity index (χ4v) is 6.00. The Morgan fingerprint density at radius 3 is 1.12 bits per heavy atom. The third kappa shape index (κ3) is 4.61. The molecule has 5 nitrogen and oxygen atoms in total. The van der Waals surface area contributed by atoms with Crippen LogP contribution in [0, 0.1) is 0 Å². The van der Waals surface area contributed by atoms with Crippen LogP contribution in [0.4, 0.5) is 0 Å². The van der Waals surface area contributed by atoms with Crippen LogP contribution in [0.1, 0.15) is 81.1 Å². The molecule has 0 atom stereocenters. The highest BCUT2D eigenvalue weighted by atomic mass is 16.3. The fraction of sp³-hybridized carbons (Fsp3) is 1.00. The van der Waals surface area contributed by atoms with Gasteiger partial charge in [0, 0.05) is 35.2 Å². The average molecular weight is 371 g/mol. The lowest BCUT2D eigenvalue weighted by Crippen LogP contribution is -2.66. The quantitative estimate of drug-likeness (QED) is 0.709. The minimum Gasteiger partial charge on any atom is -0.393 e. The predicted octanol–water partition coefficient (Wildman–Crippen LogP) is 2.38. The number of aliphatic hydroxyl groups is 3. The topological polar surface area (TPSA) is 67.2 Å². The highest BCUT2D eigenvalue weighted by Crippen LogP contribution is 2.40. The number of hydrogen-bond donors (Lipinski definition) is 3. The van der Waals surface area contributed by atoms with Crippen molar-refractivity contribution in [2.24, 2.45) is 0 Å². The number of nitrogens with zero attached hydrogens (tertiary/aromatic N) is 2. The van der Waals surface area contributed by atoms with E-state index < -0.39 is 6.10 Å². The molecule has 2 rings (SSSR count). The zero-order chi connectivity index (χ0) is 20.1. The molecular formula is C21H42N2O3. The van der Waals surface area contributed by atoms with Crippen LogP contribution in [0.3, 0.4) is 0 Å². The Morgan fingerprint density at radius 2 is 0.885 bits per heavy atom. The van der Waals surface area contributed by atoms with E-state index in [1.54, 1.807) is 0 Å². The molecule has 2 saturated heterocycles. The Kier molecular flexibility index (Phi) is 5.95. The molecule has 0 bridgehead atoms. The molecule has 3 N–H and O–H groups in total. The molecule has 2 aliphatic heterocycles. The van der Waals surface area contributed by atoms with Crippen molar-refractivity contribution >= 4 is 0 Å². The molecule has 2 heterocycles. The van der Waals surface area contributed by atoms with Gasteiger partial charge < -0.3 is 15.3 Å². The summed E-state index contributed by atoms with van der Waals surface area (Å²) in [4.78, 5) is 4.74. The van der Waals surface area contributed by atoms with Crippen LogP contribution in [-0.2, 0) is 0 Å². The third-order valence-electron chi connectivity index (χ3n) is 6.65. The number of rotatable bonds is 4. The van der Waals surface area contributed by atoms with E-state index in [2.05, 4.69) is 65.2 Å². The van der Waals surface area contributed by atoms with Gasteiger partial charge in [-0.05, 0) is 81.1 Å². The molecular weight excluding hydrogens is 328 g/mol. The standard InChI is InChI=1S/C21H42N2O3/c1-18(2)9-15(24)10-19(3,4)22(18)13-17(26)14-23-20(5,6)11-16(25)12-21(23,7)8/h15-17,24-26H,9-14H2,1-8H3. The maximum absolute atomic E-state index is 11.0. The summed E-state index contributed by atoms with van der Waals surface area (Å²) >= 11 is 0. The highest BCUT2D eigenvalue weighted by molar-refractivity contribution is 5.03. The van der Waals surface area contributed by atoms with E-state index in [0.29, 0.717) is 13.1 Å². The Morgan fingerprint density at radius 1 is 0.654 bits per heavy atom. The molecule has 2 fully saturated rings. The predicted molar refractivity (Wildman–Crippen MR) is 106 cm³/mol. The van der Waals surface area contributed by atoms with Crippen molar-refractivity contribution in [2.75, 3.05) is 13.1 Å². The molecule has 2 aliphatic rings. The summed E-state index contributed by atoms with van der Waals surface area (Å²) in [7, 11) is 0. The van der Waals surface area contributed by atoms with Crippen LogP contribution in [0.2, 0.25) is 0 Å². The molecule has 0 aromatic rings. The van der Waals surface area contributed by atoms with Gasteiger partial charge in [0.1, 0.15) is 0 Å². The Balaban J connectivity index is 2.13. The summed E-state index contributed by atoms with van der Waals surface area (Å²) in [5, 5.41) is 31.5. The van der Waals surface area contributed by atoms with E-state index in [9.17, 15) is 15.3 Å². The lowest BCUT2D eigenvalue weighted by molar-refractivity contribution is -0.122. The average Bonchev–Trinajstić information content (AvgIpc) is 2.35. The van der Waals surface area contributed by atoms with E-state index in [0.717, 1.165) is 25.7 Å². The summed E-state index contributed by atoms with van der Waals surface area (Å²) in [5.74, 6) is 0. The van der Waals surface area contributed by atoms with E-state index in [1.165, 1.54) is 0 Å². The lowest BCUT2D eigenvalue weighted by Gasteiger charge is -2.57. The van der Waals surface area contributed by atoms with Crippen molar-refractivity contribution in [3.8, 4) is 0 Å². The summed E-state index contributed by atoms with van der Waals surface area (Å²) in [6.07, 6.45) is 1.89. The monoisotopic (exact) mass is 370 g/mol. The van der Waals surface area contributed by atoms with Gasteiger partial charge in [-0.15, -0.1) is 0 Å². The van der Waals surface area contributed by atoms with Crippen LogP contribution in [0.25, 0.3) is 0 Å². The summed E-state index contributed by atoms with van der Waals surface area (Å²) in [6.45, 7) is 18.5. The number of likely N-dealkylation sites (tertiary alicyclic amines) is 2. The van der Waals surface area contributed by atoms with Crippen LogP contribution < -0.4 is 0 Å². The van der Waals surface area contributed by atoms with Crippen molar-refractivity contribution in [2.45, 2.75) is 122 Å². The van der Waals surface area contributed by atoms with Gasteiger partial charge >= 0.3 is 0 Å². The minimum atomic E-state index is -0.474. The van der Waals surface area contributed by atoms with Gasteiger partial charge in [-0.1, -0.05) is 0 Å². The zero-order valence-corrected chi connectivity index (χ0v) is 18.2. The lowest BCUT2D eigenvalue weighted by atomic mass is 9.77. The first-order chi connectivity index (χ1) is 11.6. The maximum atomic E-state index is 11.0. The molecule has 0 amide bonds. The number of aliphatic hydroxyl groups excluding tert-OH is 3. The molecule has 26 heavy (non-hydrogen) atoms. The summed E-state index contributed by atoms with van der Waals surface area (Å²) in [5.41, 5.74) is -0.590. The molecule has 0 aromatic carbocycles. The first-order valence-corrected chi connectivity index (χ1v) is 10.2. The first kappa shape index (κ1) is 22.1. The summed E-state index contributed by atoms with van der Waals surface area (Å²) < 4.78 is 0. The Labute approximate surface area is 160 Å². The third-order valence-corrected chi connectivity index (χ3v) is 6.65. The van der Waals surface area contributed by atoms with Gasteiger partial charge in [-0.3, -0.25) is 9.80 Å². The van der Waals surface area contributed by atoms with Gasteiger partial charge in [-0.2, -0.15) is 0 Å². The summed E-state index contributed by atoms with van der Waals surface area (Å²) in [6, 6.07) is 0. The zero-order valence-electron chi connectivity index (χ0n) is 18.2. The highest BCUT2D eigenvalue weighted by Gasteiger charge is 2.48. The molecule has 0 aliphatic carbocycles. The van der Waals surface area contributed by atoms with E-state index in [4.69, 9.17) is 0 Å². The van der Waals surface area contributed by atoms with Crippen molar-refractivity contribution in [1.82, 2.24) is 9.80 Å². The Bertz CT molecular complexity index is 421. The van der Waals surface area contributed by atoms with Gasteiger partial charge in [0.25, 0.3) is 0 Å². The van der Waals surface area contributed by atoms with Gasteiger partial charge in [0.05, 0.1) is 18.3 Å². The molecule has 0 saturated carbocycles. The largest absolute Gasteiger partial charge is 0.393 e. The second-order valence-corrected chi connectivity index (χ2v) is 11.2. The van der Waals surface area contributed by atoms with Crippen molar-refractivity contribution < 1.29 is 15.3 Å². The smallest absolute Gasteiger partial charge is 0.0794 e. The van der Waals surface area contributed by atoms with E-state index >= 15 is 0 Å². The maximum Gasteiger partial charge on any atom is 0.0794 e. The van der Waals surface area contributed by atoms with Gasteiger partial charge in [0.15, 0.2) is 0 Å². The fourth-order valence-electron chi connectivity index (χ4n) is 6.00. The number of hydrogen-bond acceptors (Lipinski definition) is 5. The van der Waals surface area contributed by atoms with Gasteiger partial charge in [0.2, 0.25) is 0 Å². The van der Waals surface area contributed by atoms with E-state index in [-0.39, 0.29) is 34.4 Å². The van der Waals surface area contributed by atoms with Gasteiger partial charge in [-0.25, -0.2) is 0 Å². The first-order valence-electron chi connectivity index (χ1n) is 10.2. The molecule has 0 radical (unpaired) electrons. The number of β-amino-alcohol motifs (C(OH)–C–C–N with tert-alkyl or cyclic N) is 1. The van der Waals surface area contributed by atoms with Crippen molar-refractivity contribution in [3.05, 3.63) is 0 Å². The molecule has 154 valence electrons. The van der Waals surface area contributed by atoms with Crippen molar-refractivity contribution in [3.63, 3.8) is 0 Å². The van der Waals surface area contributed by atoms with Crippen molar-refractivity contribution in [1.29, 1.82) is 0 Å².